The van der Waals surface area contributed by atoms with Crippen LogP contribution in [-0.4, -0.2) is 25.7 Å². The molecule has 0 saturated heterocycles. The van der Waals surface area contributed by atoms with Crippen LogP contribution in [0.2, 0.25) is 0 Å². The molecule has 0 radical (unpaired) electrons. The van der Waals surface area contributed by atoms with Crippen LogP contribution in [0.3, 0.4) is 0 Å². The second-order valence-electron chi connectivity index (χ2n) is 4.37. The van der Waals surface area contributed by atoms with Crippen molar-refractivity contribution in [3.63, 3.8) is 0 Å². The maximum absolute atomic E-state index is 11.4. The molecular weight excluding hydrogens is 294 g/mol. The van der Waals surface area contributed by atoms with Crippen molar-refractivity contribution in [2.45, 2.75) is 4.90 Å². The molecule has 3 N–H and O–H groups in total. The summed E-state index contributed by atoms with van der Waals surface area (Å²) in [5.41, 5.74) is 5.69. The molecular formula is C14H13NO5S. The lowest BCUT2D eigenvalue weighted by Gasteiger charge is -2.10. The summed E-state index contributed by atoms with van der Waals surface area (Å²) in [7, 11) is -3.28. The lowest BCUT2D eigenvalue weighted by Crippen LogP contribution is -2.03. The van der Waals surface area contributed by atoms with Gasteiger partial charge in [0.2, 0.25) is 0 Å². The van der Waals surface area contributed by atoms with Gasteiger partial charge in [0, 0.05) is 6.26 Å². The first-order chi connectivity index (χ1) is 9.79. The lowest BCUT2D eigenvalue weighted by molar-refractivity contribution is 0.0697. The highest BCUT2D eigenvalue weighted by Crippen LogP contribution is 2.30. The fourth-order valence-corrected chi connectivity index (χ4v) is 2.33. The summed E-state index contributed by atoms with van der Waals surface area (Å²) in [5.74, 6) is -0.594. The van der Waals surface area contributed by atoms with Gasteiger partial charge >= 0.3 is 5.97 Å². The number of carboxylic acids is 1. The summed E-state index contributed by atoms with van der Waals surface area (Å²) in [4.78, 5) is 11.1. The van der Waals surface area contributed by atoms with Crippen LogP contribution in [0, 0.1) is 0 Å². The van der Waals surface area contributed by atoms with Crippen molar-refractivity contribution in [2.75, 3.05) is 12.0 Å². The van der Waals surface area contributed by atoms with Crippen molar-refractivity contribution in [3.05, 3.63) is 48.0 Å². The van der Waals surface area contributed by atoms with E-state index in [4.69, 9.17) is 15.6 Å². The number of nitrogens with two attached hydrogens (primary N) is 1. The molecule has 0 unspecified atom stereocenters. The molecule has 2 rings (SSSR count). The van der Waals surface area contributed by atoms with E-state index in [-0.39, 0.29) is 21.9 Å². The molecule has 0 aliphatic rings. The summed E-state index contributed by atoms with van der Waals surface area (Å²) < 4.78 is 28.2. The Labute approximate surface area is 121 Å². The minimum absolute atomic E-state index is 0.0113. The molecule has 0 aromatic heterocycles. The molecule has 0 amide bonds. The zero-order valence-electron chi connectivity index (χ0n) is 11.1. The van der Waals surface area contributed by atoms with Gasteiger partial charge in [-0.2, -0.15) is 0 Å². The first-order valence-electron chi connectivity index (χ1n) is 5.89. The van der Waals surface area contributed by atoms with Gasteiger partial charge in [-0.1, -0.05) is 6.07 Å². The molecule has 0 spiro atoms. The molecule has 21 heavy (non-hydrogen) atoms. The molecule has 7 heteroatoms. The summed E-state index contributed by atoms with van der Waals surface area (Å²) in [5, 5.41) is 8.98. The second kappa shape index (κ2) is 5.45. The van der Waals surface area contributed by atoms with E-state index in [1.807, 2.05) is 0 Å². The molecule has 0 atom stereocenters. The number of para-hydroxylation sites is 1. The van der Waals surface area contributed by atoms with Gasteiger partial charge in [-0.15, -0.1) is 0 Å². The summed E-state index contributed by atoms with van der Waals surface area (Å²) >= 11 is 0. The van der Waals surface area contributed by atoms with Crippen molar-refractivity contribution in [1.82, 2.24) is 0 Å². The standard InChI is InChI=1S/C14H13NO5S/c1-21(18,19)10-7-5-9(6-8-10)20-12-4-2-3-11(13(12)15)14(16)17/h2-8H,15H2,1H3,(H,16,17). The summed E-state index contributed by atoms with van der Waals surface area (Å²) in [6.45, 7) is 0. The van der Waals surface area contributed by atoms with E-state index >= 15 is 0 Å². The molecule has 2 aromatic rings. The van der Waals surface area contributed by atoms with Crippen LogP contribution in [0.15, 0.2) is 47.4 Å². The Morgan fingerprint density at radius 1 is 1.14 bits per heavy atom. The molecule has 0 heterocycles. The normalized spacial score (nSPS) is 11.1. The van der Waals surface area contributed by atoms with Crippen LogP contribution in [0.25, 0.3) is 0 Å². The number of carbonyl (C=O) groups is 1. The number of anilines is 1. The minimum atomic E-state index is -3.28. The van der Waals surface area contributed by atoms with Crippen LogP contribution in [0.1, 0.15) is 10.4 Å². The SMILES string of the molecule is CS(=O)(=O)c1ccc(Oc2cccc(C(=O)O)c2N)cc1. The lowest BCUT2D eigenvalue weighted by atomic mass is 10.1. The number of ether oxygens (including phenoxy) is 1. The van der Waals surface area contributed by atoms with Crippen LogP contribution < -0.4 is 10.5 Å². The van der Waals surface area contributed by atoms with Crippen LogP contribution in [0.5, 0.6) is 11.5 Å². The Kier molecular flexibility index (Phi) is 3.86. The highest BCUT2D eigenvalue weighted by molar-refractivity contribution is 7.90. The number of rotatable bonds is 4. The number of benzene rings is 2. The molecule has 2 aromatic carbocycles. The minimum Gasteiger partial charge on any atom is -0.478 e. The topological polar surface area (TPSA) is 107 Å². The number of carboxylic acid groups (broad SMARTS) is 1. The molecule has 6 nitrogen and oxygen atoms in total. The Balaban J connectivity index is 2.31. The third-order valence-corrected chi connectivity index (χ3v) is 3.90. The zero-order chi connectivity index (χ0) is 15.6. The average molecular weight is 307 g/mol. The Bertz CT molecular complexity index is 782. The number of nitrogen functional groups attached to an aromatic ring is 1. The van der Waals surface area contributed by atoms with Crippen molar-refractivity contribution in [3.8, 4) is 11.5 Å². The molecule has 0 bridgehead atoms. The number of aromatic carboxylic acids is 1. The largest absolute Gasteiger partial charge is 0.478 e. The van der Waals surface area contributed by atoms with E-state index < -0.39 is 15.8 Å². The molecule has 0 saturated carbocycles. The van der Waals surface area contributed by atoms with E-state index in [9.17, 15) is 13.2 Å². The number of hydrogen-bond donors (Lipinski definition) is 2. The average Bonchev–Trinajstić information content (AvgIpc) is 2.40. The monoisotopic (exact) mass is 307 g/mol. The Morgan fingerprint density at radius 3 is 2.29 bits per heavy atom. The highest BCUT2D eigenvalue weighted by Gasteiger charge is 2.13. The van der Waals surface area contributed by atoms with Gasteiger partial charge in [0.05, 0.1) is 16.1 Å². The van der Waals surface area contributed by atoms with Crippen molar-refractivity contribution >= 4 is 21.5 Å². The van der Waals surface area contributed by atoms with Crippen molar-refractivity contribution in [2.24, 2.45) is 0 Å². The summed E-state index contributed by atoms with van der Waals surface area (Å²) in [6.07, 6.45) is 1.11. The van der Waals surface area contributed by atoms with Gasteiger partial charge in [-0.05, 0) is 36.4 Å². The van der Waals surface area contributed by atoms with Gasteiger partial charge in [0.15, 0.2) is 15.6 Å². The van der Waals surface area contributed by atoms with Crippen LogP contribution in [0.4, 0.5) is 5.69 Å². The second-order valence-corrected chi connectivity index (χ2v) is 6.38. The van der Waals surface area contributed by atoms with Crippen molar-refractivity contribution < 1.29 is 23.1 Å². The fourth-order valence-electron chi connectivity index (χ4n) is 1.70. The van der Waals surface area contributed by atoms with Gasteiger partial charge in [-0.25, -0.2) is 13.2 Å². The summed E-state index contributed by atoms with van der Waals surface area (Å²) in [6, 6.07) is 10.2. The fraction of sp³-hybridized carbons (Fsp3) is 0.0714. The first kappa shape index (κ1) is 14.9. The Morgan fingerprint density at radius 2 is 1.76 bits per heavy atom. The molecule has 0 aliphatic carbocycles. The van der Waals surface area contributed by atoms with Gasteiger partial charge in [0.1, 0.15) is 5.75 Å². The predicted octanol–water partition coefficient (Wildman–Crippen LogP) is 2.16. The third kappa shape index (κ3) is 3.32. The zero-order valence-corrected chi connectivity index (χ0v) is 11.9. The van der Waals surface area contributed by atoms with Gasteiger partial charge < -0.3 is 15.6 Å². The number of hydrogen-bond acceptors (Lipinski definition) is 5. The Hall–Kier alpha value is -2.54. The highest BCUT2D eigenvalue weighted by atomic mass is 32.2. The van der Waals surface area contributed by atoms with E-state index in [1.165, 1.54) is 42.5 Å². The van der Waals surface area contributed by atoms with Crippen LogP contribution in [-0.2, 0) is 9.84 Å². The van der Waals surface area contributed by atoms with Gasteiger partial charge in [-0.3, -0.25) is 0 Å². The van der Waals surface area contributed by atoms with E-state index in [2.05, 4.69) is 0 Å². The van der Waals surface area contributed by atoms with Gasteiger partial charge in [0.25, 0.3) is 0 Å². The number of sulfone groups is 1. The smallest absolute Gasteiger partial charge is 0.337 e. The molecule has 110 valence electrons. The maximum Gasteiger partial charge on any atom is 0.337 e. The third-order valence-electron chi connectivity index (χ3n) is 2.78. The van der Waals surface area contributed by atoms with Crippen molar-refractivity contribution in [1.29, 1.82) is 0 Å². The van der Waals surface area contributed by atoms with E-state index in [1.54, 1.807) is 0 Å². The van der Waals surface area contributed by atoms with Crippen LogP contribution >= 0.6 is 0 Å². The molecule has 0 fully saturated rings. The predicted molar refractivity (Wildman–Crippen MR) is 77.4 cm³/mol. The maximum atomic E-state index is 11.4. The first-order valence-corrected chi connectivity index (χ1v) is 7.78. The van der Waals surface area contributed by atoms with E-state index in [0.717, 1.165) is 6.26 Å². The van der Waals surface area contributed by atoms with E-state index in [0.29, 0.717) is 5.75 Å². The quantitative estimate of drug-likeness (QED) is 0.838. The molecule has 0 aliphatic heterocycles.